The van der Waals surface area contributed by atoms with Crippen molar-refractivity contribution in [3.8, 4) is 0 Å². The molecule has 0 bridgehead atoms. The van der Waals surface area contributed by atoms with Crippen LogP contribution in [0.3, 0.4) is 0 Å². The lowest BCUT2D eigenvalue weighted by Gasteiger charge is -2.37. The average molecular weight is 242 g/mol. The monoisotopic (exact) mass is 242 g/mol. The Morgan fingerprint density at radius 1 is 1.35 bits per heavy atom. The quantitative estimate of drug-likeness (QED) is 0.771. The molecule has 1 N–H and O–H groups in total. The Morgan fingerprint density at radius 3 is 2.24 bits per heavy atom. The molecule has 0 aliphatic heterocycles. The Morgan fingerprint density at radius 2 is 1.88 bits per heavy atom. The molecule has 2 unspecified atom stereocenters. The van der Waals surface area contributed by atoms with Crippen molar-refractivity contribution in [3.05, 3.63) is 0 Å². The van der Waals surface area contributed by atoms with Gasteiger partial charge in [0.15, 0.2) is 0 Å². The second-order valence-corrected chi connectivity index (χ2v) is 6.61. The van der Waals surface area contributed by atoms with Crippen LogP contribution in [0.25, 0.3) is 0 Å². The molecule has 1 saturated carbocycles. The number of hydrogen-bond acceptors (Lipinski definition) is 3. The Labute approximate surface area is 105 Å². The maximum atomic E-state index is 11.9. The number of carbonyl (C=O) groups excluding carboxylic acids is 1. The van der Waals surface area contributed by atoms with E-state index in [1.165, 1.54) is 19.3 Å². The fourth-order valence-corrected chi connectivity index (χ4v) is 2.10. The van der Waals surface area contributed by atoms with Crippen molar-refractivity contribution in [2.75, 3.05) is 0 Å². The summed E-state index contributed by atoms with van der Waals surface area (Å²) in [7, 11) is 0. The Balaban J connectivity index is 2.53. The van der Waals surface area contributed by atoms with Crippen molar-refractivity contribution in [2.45, 2.75) is 71.5 Å². The molecule has 17 heavy (non-hydrogen) atoms. The summed E-state index contributed by atoms with van der Waals surface area (Å²) in [5.74, 6) is -0.195. The van der Waals surface area contributed by atoms with Crippen LogP contribution >= 0.6 is 0 Å². The molecule has 0 aromatic carbocycles. The molecule has 0 aromatic rings. The number of carbonyl (C=O) groups is 1. The van der Waals surface area contributed by atoms with Gasteiger partial charge in [0.2, 0.25) is 0 Å². The summed E-state index contributed by atoms with van der Waals surface area (Å²) in [6.07, 6.45) is 4.31. The first-order valence-corrected chi connectivity index (χ1v) is 6.57. The Bertz CT molecular complexity index is 272. The predicted octanol–water partition coefficient (Wildman–Crippen LogP) is 2.91. The van der Waals surface area contributed by atoms with Crippen molar-refractivity contribution < 1.29 is 14.6 Å². The molecule has 3 nitrogen and oxygen atoms in total. The molecule has 100 valence electrons. The third-order valence-corrected chi connectivity index (χ3v) is 3.62. The summed E-state index contributed by atoms with van der Waals surface area (Å²) < 4.78 is 5.32. The third-order valence-electron chi connectivity index (χ3n) is 3.62. The summed E-state index contributed by atoms with van der Waals surface area (Å²) in [4.78, 5) is 11.9. The molecule has 3 heteroatoms. The van der Waals surface area contributed by atoms with Gasteiger partial charge >= 0.3 is 5.97 Å². The molecular weight excluding hydrogens is 216 g/mol. The van der Waals surface area contributed by atoms with Crippen LogP contribution in [0.4, 0.5) is 0 Å². The van der Waals surface area contributed by atoms with Crippen LogP contribution in [0, 0.1) is 11.8 Å². The van der Waals surface area contributed by atoms with Gasteiger partial charge in [0.05, 0.1) is 11.5 Å². The fourth-order valence-electron chi connectivity index (χ4n) is 2.10. The van der Waals surface area contributed by atoms with Crippen LogP contribution in [0.1, 0.15) is 60.3 Å². The van der Waals surface area contributed by atoms with E-state index in [9.17, 15) is 9.90 Å². The maximum absolute atomic E-state index is 11.9. The topological polar surface area (TPSA) is 46.5 Å². The molecule has 0 saturated heterocycles. The summed E-state index contributed by atoms with van der Waals surface area (Å²) >= 11 is 0. The molecule has 1 fully saturated rings. The predicted molar refractivity (Wildman–Crippen MR) is 67.6 cm³/mol. The normalized spacial score (nSPS) is 22.5. The molecule has 2 atom stereocenters. The lowest BCUT2D eigenvalue weighted by atomic mass is 9.74. The second-order valence-electron chi connectivity index (χ2n) is 6.61. The van der Waals surface area contributed by atoms with Crippen molar-refractivity contribution >= 4 is 5.97 Å². The first kappa shape index (κ1) is 14.5. The minimum absolute atomic E-state index is 0.304. The highest BCUT2D eigenvalue weighted by Gasteiger charge is 2.39. The van der Waals surface area contributed by atoms with Gasteiger partial charge in [-0.1, -0.05) is 19.3 Å². The van der Waals surface area contributed by atoms with E-state index in [4.69, 9.17) is 4.74 Å². The molecule has 1 aliphatic rings. The van der Waals surface area contributed by atoms with Crippen molar-refractivity contribution in [3.63, 3.8) is 0 Å². The third kappa shape index (κ3) is 4.30. The molecule has 0 amide bonds. The second kappa shape index (κ2) is 4.97. The van der Waals surface area contributed by atoms with E-state index in [-0.39, 0.29) is 5.97 Å². The van der Waals surface area contributed by atoms with Gasteiger partial charge in [-0.3, -0.25) is 4.79 Å². The van der Waals surface area contributed by atoms with Crippen LogP contribution in [-0.4, -0.2) is 22.3 Å². The van der Waals surface area contributed by atoms with Crippen molar-refractivity contribution in [2.24, 2.45) is 11.8 Å². The number of rotatable bonds is 4. The molecule has 0 radical (unpaired) electrons. The van der Waals surface area contributed by atoms with Crippen molar-refractivity contribution in [1.82, 2.24) is 0 Å². The van der Waals surface area contributed by atoms with Gasteiger partial charge in [0.1, 0.15) is 5.60 Å². The molecule has 1 rings (SSSR count). The Hall–Kier alpha value is -0.570. The number of ether oxygens (including phenoxy) is 1. The lowest BCUT2D eigenvalue weighted by Crippen LogP contribution is -2.43. The van der Waals surface area contributed by atoms with Crippen LogP contribution < -0.4 is 0 Å². The molecule has 0 heterocycles. The summed E-state index contributed by atoms with van der Waals surface area (Å²) in [6, 6.07) is 0. The van der Waals surface area contributed by atoms with E-state index in [1.54, 1.807) is 13.8 Å². The molecule has 1 aliphatic carbocycles. The minimum atomic E-state index is -0.951. The molecular formula is C14H26O3. The number of esters is 1. The van der Waals surface area contributed by atoms with E-state index in [0.717, 1.165) is 0 Å². The number of hydrogen-bond donors (Lipinski definition) is 1. The van der Waals surface area contributed by atoms with Crippen LogP contribution in [-0.2, 0) is 9.53 Å². The zero-order valence-electron chi connectivity index (χ0n) is 11.7. The van der Waals surface area contributed by atoms with Gasteiger partial charge in [-0.15, -0.1) is 0 Å². The standard InChI is InChI=1S/C14H26O3/c1-10(12(15)17-13(2,3)4)14(5,16)9-11-7-6-8-11/h10-11,16H,6-9H2,1-5H3. The highest BCUT2D eigenvalue weighted by atomic mass is 16.6. The van der Waals surface area contributed by atoms with Crippen molar-refractivity contribution in [1.29, 1.82) is 0 Å². The van der Waals surface area contributed by atoms with Gasteiger partial charge < -0.3 is 9.84 Å². The van der Waals surface area contributed by atoms with Gasteiger partial charge in [-0.2, -0.15) is 0 Å². The zero-order chi connectivity index (χ0) is 13.3. The minimum Gasteiger partial charge on any atom is -0.460 e. The van der Waals surface area contributed by atoms with Gasteiger partial charge in [0.25, 0.3) is 0 Å². The highest BCUT2D eigenvalue weighted by molar-refractivity contribution is 5.73. The smallest absolute Gasteiger partial charge is 0.312 e. The van der Waals surface area contributed by atoms with E-state index in [0.29, 0.717) is 12.3 Å². The van der Waals surface area contributed by atoms with Gasteiger partial charge in [-0.05, 0) is 47.0 Å². The summed E-state index contributed by atoms with van der Waals surface area (Å²) in [5.41, 5.74) is -1.44. The van der Waals surface area contributed by atoms with Gasteiger partial charge in [0, 0.05) is 0 Å². The van der Waals surface area contributed by atoms with Crippen LogP contribution in [0.2, 0.25) is 0 Å². The lowest BCUT2D eigenvalue weighted by molar-refractivity contribution is -0.169. The van der Waals surface area contributed by atoms with Crippen LogP contribution in [0.15, 0.2) is 0 Å². The van der Waals surface area contributed by atoms with E-state index in [2.05, 4.69) is 0 Å². The summed E-state index contributed by atoms with van der Waals surface area (Å²) in [5, 5.41) is 10.4. The average Bonchev–Trinajstić information content (AvgIpc) is 2.07. The zero-order valence-corrected chi connectivity index (χ0v) is 11.7. The van der Waals surface area contributed by atoms with E-state index >= 15 is 0 Å². The Kier molecular flexibility index (Phi) is 4.23. The SMILES string of the molecule is CC(C(=O)OC(C)(C)C)C(C)(O)CC1CCC1. The number of aliphatic hydroxyl groups is 1. The maximum Gasteiger partial charge on any atom is 0.312 e. The van der Waals surface area contributed by atoms with Crippen LogP contribution in [0.5, 0.6) is 0 Å². The molecule has 0 aromatic heterocycles. The molecule has 0 spiro atoms. The largest absolute Gasteiger partial charge is 0.460 e. The first-order chi connectivity index (χ1) is 7.62. The fraction of sp³-hybridized carbons (Fsp3) is 0.929. The highest BCUT2D eigenvalue weighted by Crippen LogP contribution is 2.37. The van der Waals surface area contributed by atoms with Gasteiger partial charge in [-0.25, -0.2) is 0 Å². The first-order valence-electron chi connectivity index (χ1n) is 6.57. The van der Waals surface area contributed by atoms with E-state index < -0.39 is 17.1 Å². The van der Waals surface area contributed by atoms with E-state index in [1.807, 2.05) is 20.8 Å². The summed E-state index contributed by atoms with van der Waals surface area (Å²) in [6.45, 7) is 9.04.